The van der Waals surface area contributed by atoms with Crippen LogP contribution in [-0.2, 0) is 13.7 Å². The van der Waals surface area contributed by atoms with Gasteiger partial charge in [-0.3, -0.25) is 0 Å². The van der Waals surface area contributed by atoms with Crippen molar-refractivity contribution in [2.24, 2.45) is 7.05 Å². The van der Waals surface area contributed by atoms with E-state index in [2.05, 4.69) is 66.7 Å². The normalized spacial score (nSPS) is 10.9. The van der Waals surface area contributed by atoms with Crippen molar-refractivity contribution in [3.8, 4) is 22.6 Å². The van der Waals surface area contributed by atoms with Gasteiger partial charge >= 0.3 is 5.69 Å². The summed E-state index contributed by atoms with van der Waals surface area (Å²) in [4.78, 5) is 12.3. The summed E-state index contributed by atoms with van der Waals surface area (Å²) in [7, 11) is 1.57. The van der Waals surface area contributed by atoms with E-state index >= 15 is 0 Å². The molecule has 0 spiro atoms. The molecule has 0 aliphatic rings. The zero-order chi connectivity index (χ0) is 21.3. The number of benzene rings is 3. The van der Waals surface area contributed by atoms with Crippen LogP contribution in [0, 0.1) is 20.8 Å². The van der Waals surface area contributed by atoms with Crippen molar-refractivity contribution in [1.82, 2.24) is 19.8 Å². The lowest BCUT2D eigenvalue weighted by molar-refractivity contribution is 0.301. The van der Waals surface area contributed by atoms with Gasteiger partial charge in [0.25, 0.3) is 0 Å². The molecule has 0 saturated carbocycles. The van der Waals surface area contributed by atoms with Crippen LogP contribution in [0.25, 0.3) is 16.8 Å². The van der Waals surface area contributed by atoms with Crippen molar-refractivity contribution in [3.05, 3.63) is 93.4 Å². The maximum Gasteiger partial charge on any atom is 0.368 e. The lowest BCUT2D eigenvalue weighted by atomic mass is 9.97. The quantitative estimate of drug-likeness (QED) is 0.505. The summed E-state index contributed by atoms with van der Waals surface area (Å²) in [5.41, 5.74) is 7.12. The molecular formula is C24H24N4O2. The molecule has 1 aromatic heterocycles. The van der Waals surface area contributed by atoms with Crippen molar-refractivity contribution in [3.63, 3.8) is 0 Å². The van der Waals surface area contributed by atoms with Gasteiger partial charge in [0.1, 0.15) is 18.0 Å². The van der Waals surface area contributed by atoms with Crippen LogP contribution in [0.15, 0.2) is 65.5 Å². The molecule has 0 aliphatic heterocycles. The molecule has 6 heteroatoms. The summed E-state index contributed by atoms with van der Waals surface area (Å²) in [6, 6.07) is 20.4. The summed E-state index contributed by atoms with van der Waals surface area (Å²) in [5.74, 6) is 0.627. The van der Waals surface area contributed by atoms with E-state index in [1.807, 2.05) is 25.1 Å². The second-order valence-electron chi connectivity index (χ2n) is 7.46. The van der Waals surface area contributed by atoms with Crippen LogP contribution in [0.4, 0.5) is 0 Å². The Morgan fingerprint density at radius 2 is 1.63 bits per heavy atom. The lowest BCUT2D eigenvalue weighted by Crippen LogP contribution is -2.22. The van der Waals surface area contributed by atoms with Gasteiger partial charge in [0, 0.05) is 7.05 Å². The van der Waals surface area contributed by atoms with Gasteiger partial charge in [-0.25, -0.2) is 4.79 Å². The molecule has 0 amide bonds. The minimum absolute atomic E-state index is 0.316. The fraction of sp³-hybridized carbons (Fsp3) is 0.208. The molecule has 0 aliphatic carbocycles. The molecule has 1 heterocycles. The molecular weight excluding hydrogens is 376 g/mol. The lowest BCUT2D eigenvalue weighted by Gasteiger charge is -2.15. The number of ether oxygens (including phenoxy) is 1. The average Bonchev–Trinajstić information content (AvgIpc) is 3.06. The molecule has 152 valence electrons. The van der Waals surface area contributed by atoms with E-state index in [0.717, 1.165) is 16.7 Å². The maximum absolute atomic E-state index is 12.3. The minimum atomic E-state index is -0.316. The molecule has 0 bridgehead atoms. The molecule has 0 atom stereocenters. The van der Waals surface area contributed by atoms with Crippen molar-refractivity contribution in [2.45, 2.75) is 27.4 Å². The first-order valence-corrected chi connectivity index (χ1v) is 9.83. The van der Waals surface area contributed by atoms with E-state index in [9.17, 15) is 4.79 Å². The van der Waals surface area contributed by atoms with Crippen LogP contribution in [0.5, 0.6) is 5.75 Å². The first kappa shape index (κ1) is 19.6. The maximum atomic E-state index is 12.3. The molecule has 0 saturated heterocycles. The van der Waals surface area contributed by atoms with Gasteiger partial charge in [-0.05, 0) is 70.6 Å². The van der Waals surface area contributed by atoms with Gasteiger partial charge in [0.05, 0.1) is 0 Å². The molecule has 0 unspecified atom stereocenters. The second kappa shape index (κ2) is 7.99. The average molecular weight is 400 g/mol. The van der Waals surface area contributed by atoms with Crippen molar-refractivity contribution < 1.29 is 4.74 Å². The van der Waals surface area contributed by atoms with Crippen LogP contribution >= 0.6 is 0 Å². The Hall–Kier alpha value is -3.67. The van der Waals surface area contributed by atoms with Gasteiger partial charge < -0.3 is 4.74 Å². The number of hydrogen-bond acceptors (Lipinski definition) is 4. The Bertz CT molecular complexity index is 1270. The highest BCUT2D eigenvalue weighted by atomic mass is 16.5. The van der Waals surface area contributed by atoms with Crippen LogP contribution in [-0.4, -0.2) is 19.8 Å². The SMILES string of the molecule is Cc1cc(-c2ccccc2C)ccc1COc1c(C)cccc1-n1nnn(C)c1=O. The molecule has 4 aromatic rings. The van der Waals surface area contributed by atoms with Gasteiger partial charge in [-0.2, -0.15) is 9.36 Å². The Labute approximate surface area is 175 Å². The highest BCUT2D eigenvalue weighted by molar-refractivity contribution is 5.68. The summed E-state index contributed by atoms with van der Waals surface area (Å²) >= 11 is 0. The number of rotatable bonds is 5. The molecule has 0 fully saturated rings. The summed E-state index contributed by atoms with van der Waals surface area (Å²) < 4.78 is 8.64. The standard InChI is InChI=1S/C24H24N4O2/c1-16-8-5-6-10-21(16)19-12-13-20(18(3)14-19)15-30-23-17(2)9-7-11-22(23)28-24(29)27(4)25-26-28/h5-14H,15H2,1-4H3. The molecule has 0 radical (unpaired) electrons. The van der Waals surface area contributed by atoms with E-state index in [1.165, 1.54) is 26.1 Å². The smallest absolute Gasteiger partial charge is 0.368 e. The number of nitrogens with zero attached hydrogens (tertiary/aromatic N) is 4. The molecule has 30 heavy (non-hydrogen) atoms. The fourth-order valence-electron chi connectivity index (χ4n) is 3.53. The third kappa shape index (κ3) is 3.64. The van der Waals surface area contributed by atoms with Gasteiger partial charge in [-0.1, -0.05) is 54.6 Å². The first-order valence-electron chi connectivity index (χ1n) is 9.83. The largest absolute Gasteiger partial charge is 0.486 e. The predicted octanol–water partition coefficient (Wildman–Crippen LogP) is 4.14. The molecule has 0 N–H and O–H groups in total. The van der Waals surface area contributed by atoms with E-state index in [0.29, 0.717) is 18.0 Å². The highest BCUT2D eigenvalue weighted by Gasteiger charge is 2.15. The highest BCUT2D eigenvalue weighted by Crippen LogP contribution is 2.29. The predicted molar refractivity (Wildman–Crippen MR) is 117 cm³/mol. The molecule has 4 rings (SSSR count). The topological polar surface area (TPSA) is 61.9 Å². The van der Waals surface area contributed by atoms with Crippen molar-refractivity contribution >= 4 is 0 Å². The van der Waals surface area contributed by atoms with E-state index in [-0.39, 0.29) is 5.69 Å². The van der Waals surface area contributed by atoms with Crippen molar-refractivity contribution in [2.75, 3.05) is 0 Å². The van der Waals surface area contributed by atoms with Gasteiger partial charge in [0.15, 0.2) is 0 Å². The Balaban J connectivity index is 1.62. The number of tetrazole rings is 1. The Morgan fingerprint density at radius 3 is 2.33 bits per heavy atom. The third-order valence-electron chi connectivity index (χ3n) is 5.31. The number of para-hydroxylation sites is 1. The fourth-order valence-corrected chi connectivity index (χ4v) is 3.53. The van der Waals surface area contributed by atoms with E-state index in [4.69, 9.17) is 4.74 Å². The number of aryl methyl sites for hydroxylation is 4. The summed E-state index contributed by atoms with van der Waals surface area (Å²) in [6.45, 7) is 6.56. The summed E-state index contributed by atoms with van der Waals surface area (Å²) in [5, 5.41) is 7.75. The number of hydrogen-bond donors (Lipinski definition) is 0. The van der Waals surface area contributed by atoms with Gasteiger partial charge in [-0.15, -0.1) is 0 Å². The van der Waals surface area contributed by atoms with Crippen LogP contribution in [0.3, 0.4) is 0 Å². The van der Waals surface area contributed by atoms with Gasteiger partial charge in [0.2, 0.25) is 0 Å². The van der Waals surface area contributed by atoms with Crippen molar-refractivity contribution in [1.29, 1.82) is 0 Å². The zero-order valence-electron chi connectivity index (χ0n) is 17.6. The van der Waals surface area contributed by atoms with Crippen LogP contribution in [0.1, 0.15) is 22.3 Å². The summed E-state index contributed by atoms with van der Waals surface area (Å²) in [6.07, 6.45) is 0. The first-order chi connectivity index (χ1) is 14.5. The monoisotopic (exact) mass is 400 g/mol. The number of aromatic nitrogens is 4. The Morgan fingerprint density at radius 1 is 0.867 bits per heavy atom. The van der Waals surface area contributed by atoms with Crippen LogP contribution < -0.4 is 10.4 Å². The minimum Gasteiger partial charge on any atom is -0.486 e. The molecule has 6 nitrogen and oxygen atoms in total. The van der Waals surface area contributed by atoms with E-state index in [1.54, 1.807) is 7.05 Å². The second-order valence-corrected chi connectivity index (χ2v) is 7.46. The zero-order valence-corrected chi connectivity index (χ0v) is 17.6. The Kier molecular flexibility index (Phi) is 5.23. The third-order valence-corrected chi connectivity index (χ3v) is 5.31. The van der Waals surface area contributed by atoms with Crippen LogP contribution in [0.2, 0.25) is 0 Å². The molecule has 3 aromatic carbocycles. The van der Waals surface area contributed by atoms with E-state index < -0.39 is 0 Å².